The number of rotatable bonds is 1. The van der Waals surface area contributed by atoms with Gasteiger partial charge in [0.2, 0.25) is 0 Å². The molecule has 1 aromatic carbocycles. The van der Waals surface area contributed by atoms with Crippen LogP contribution in [0.15, 0.2) is 23.1 Å². The van der Waals surface area contributed by atoms with Crippen LogP contribution >= 0.6 is 21.7 Å². The van der Waals surface area contributed by atoms with E-state index in [2.05, 4.69) is 0 Å². The molecule has 1 heterocycles. The van der Waals surface area contributed by atoms with Gasteiger partial charge in [0.25, 0.3) is 0 Å². The quantitative estimate of drug-likeness (QED) is 0.783. The summed E-state index contributed by atoms with van der Waals surface area (Å²) in [7, 11) is 6.86. The van der Waals surface area contributed by atoms with E-state index >= 15 is 0 Å². The van der Waals surface area contributed by atoms with Gasteiger partial charge in [-0.3, -0.25) is 0 Å². The van der Waals surface area contributed by atoms with Crippen LogP contribution < -0.4 is 10.5 Å². The van der Waals surface area contributed by atoms with E-state index in [0.29, 0.717) is 6.61 Å². The van der Waals surface area contributed by atoms with E-state index in [1.54, 1.807) is 0 Å². The van der Waals surface area contributed by atoms with Crippen LogP contribution in [0.3, 0.4) is 0 Å². The van der Waals surface area contributed by atoms with Gasteiger partial charge in [-0.15, -0.1) is 0 Å². The Kier molecular flexibility index (Phi) is 2.67. The highest BCUT2D eigenvalue weighted by atomic mass is 35.7. The third-order valence-electron chi connectivity index (χ3n) is 2.16. The summed E-state index contributed by atoms with van der Waals surface area (Å²) < 4.78 is 5.46. The molecule has 0 aromatic heterocycles. The molecule has 0 saturated heterocycles. The SMILES string of the molecule is NC1CCOc2ccc(SCl)cc21. The fourth-order valence-corrected chi connectivity index (χ4v) is 2.03. The van der Waals surface area contributed by atoms with E-state index in [-0.39, 0.29) is 6.04 Å². The van der Waals surface area contributed by atoms with E-state index in [1.165, 1.54) is 11.0 Å². The van der Waals surface area contributed by atoms with Gasteiger partial charge >= 0.3 is 0 Å². The zero-order valence-electron chi connectivity index (χ0n) is 7.00. The van der Waals surface area contributed by atoms with E-state index in [0.717, 1.165) is 22.6 Å². The van der Waals surface area contributed by atoms with Crippen molar-refractivity contribution < 1.29 is 4.74 Å². The van der Waals surface area contributed by atoms with Crippen molar-refractivity contribution in [2.24, 2.45) is 5.73 Å². The molecular weight excluding hydrogens is 206 g/mol. The molecule has 0 saturated carbocycles. The summed E-state index contributed by atoms with van der Waals surface area (Å²) in [6.07, 6.45) is 0.878. The Bertz CT molecular complexity index is 318. The molecule has 0 fully saturated rings. The summed E-state index contributed by atoms with van der Waals surface area (Å²) in [6, 6.07) is 5.96. The second-order valence-corrected chi connectivity index (χ2v) is 4.11. The molecular formula is C9H10ClNOS. The van der Waals surface area contributed by atoms with Gasteiger partial charge in [-0.25, -0.2) is 0 Å². The Balaban J connectivity index is 2.41. The third-order valence-corrected chi connectivity index (χ3v) is 3.12. The number of benzene rings is 1. The van der Waals surface area contributed by atoms with Crippen molar-refractivity contribution in [3.05, 3.63) is 23.8 Å². The Morgan fingerprint density at radius 2 is 2.38 bits per heavy atom. The van der Waals surface area contributed by atoms with Crippen molar-refractivity contribution in [2.45, 2.75) is 17.4 Å². The van der Waals surface area contributed by atoms with Crippen LogP contribution in [0.25, 0.3) is 0 Å². The molecule has 2 rings (SSSR count). The number of hydrogen-bond acceptors (Lipinski definition) is 3. The van der Waals surface area contributed by atoms with Crippen LogP contribution in [0.5, 0.6) is 5.75 Å². The predicted octanol–water partition coefficient (Wildman–Crippen LogP) is 2.71. The fourth-order valence-electron chi connectivity index (χ4n) is 1.45. The van der Waals surface area contributed by atoms with Crippen LogP contribution in [0.2, 0.25) is 0 Å². The van der Waals surface area contributed by atoms with Crippen molar-refractivity contribution in [3.8, 4) is 5.75 Å². The highest BCUT2D eigenvalue weighted by Gasteiger charge is 2.17. The molecule has 0 radical (unpaired) electrons. The van der Waals surface area contributed by atoms with Crippen molar-refractivity contribution >= 4 is 21.7 Å². The lowest BCUT2D eigenvalue weighted by Crippen LogP contribution is -2.20. The minimum Gasteiger partial charge on any atom is -0.493 e. The molecule has 2 N–H and O–H groups in total. The molecule has 0 bridgehead atoms. The summed E-state index contributed by atoms with van der Waals surface area (Å²) in [6.45, 7) is 0.710. The van der Waals surface area contributed by atoms with Crippen LogP contribution in [-0.2, 0) is 0 Å². The third kappa shape index (κ3) is 1.77. The zero-order chi connectivity index (χ0) is 9.26. The van der Waals surface area contributed by atoms with Gasteiger partial charge in [0, 0.05) is 22.9 Å². The number of halogens is 1. The van der Waals surface area contributed by atoms with E-state index in [4.69, 9.17) is 21.2 Å². The molecule has 1 aromatic rings. The van der Waals surface area contributed by atoms with Crippen molar-refractivity contribution in [1.29, 1.82) is 0 Å². The molecule has 2 nitrogen and oxygen atoms in total. The average Bonchev–Trinajstić information content (AvgIpc) is 2.18. The first-order valence-corrected chi connectivity index (χ1v) is 5.76. The summed E-state index contributed by atoms with van der Waals surface area (Å²) in [4.78, 5) is 1.02. The number of nitrogens with two attached hydrogens (primary N) is 1. The summed E-state index contributed by atoms with van der Waals surface area (Å²) >= 11 is 0. The minimum atomic E-state index is 0.0903. The monoisotopic (exact) mass is 215 g/mol. The van der Waals surface area contributed by atoms with Gasteiger partial charge in [-0.2, -0.15) is 0 Å². The molecule has 13 heavy (non-hydrogen) atoms. The van der Waals surface area contributed by atoms with Crippen molar-refractivity contribution in [1.82, 2.24) is 0 Å². The van der Waals surface area contributed by atoms with Gasteiger partial charge in [0.05, 0.1) is 6.61 Å². The van der Waals surface area contributed by atoms with Gasteiger partial charge < -0.3 is 10.5 Å². The van der Waals surface area contributed by atoms with Crippen molar-refractivity contribution in [2.75, 3.05) is 6.61 Å². The maximum Gasteiger partial charge on any atom is 0.124 e. The van der Waals surface area contributed by atoms with E-state index < -0.39 is 0 Å². The normalized spacial score (nSPS) is 20.6. The first-order valence-electron chi connectivity index (χ1n) is 4.12. The summed E-state index contributed by atoms with van der Waals surface area (Å²) in [5, 5.41) is 0. The van der Waals surface area contributed by atoms with E-state index in [9.17, 15) is 0 Å². The highest BCUT2D eigenvalue weighted by Crippen LogP contribution is 2.34. The molecule has 0 spiro atoms. The second-order valence-electron chi connectivity index (χ2n) is 3.02. The number of ether oxygens (including phenoxy) is 1. The zero-order valence-corrected chi connectivity index (χ0v) is 8.57. The molecule has 1 aliphatic rings. The first kappa shape index (κ1) is 9.19. The lowest BCUT2D eigenvalue weighted by atomic mass is 10.0. The Morgan fingerprint density at radius 1 is 1.54 bits per heavy atom. The number of fused-ring (bicyclic) bond motifs is 1. The lowest BCUT2D eigenvalue weighted by molar-refractivity contribution is 0.268. The maximum absolute atomic E-state index is 5.94. The van der Waals surface area contributed by atoms with Crippen LogP contribution in [0.4, 0.5) is 0 Å². The van der Waals surface area contributed by atoms with Gasteiger partial charge in [0.1, 0.15) is 5.75 Å². The topological polar surface area (TPSA) is 35.2 Å². The van der Waals surface area contributed by atoms with Gasteiger partial charge in [-0.1, -0.05) is 0 Å². The van der Waals surface area contributed by atoms with Crippen molar-refractivity contribution in [3.63, 3.8) is 0 Å². The summed E-state index contributed by atoms with van der Waals surface area (Å²) in [5.74, 6) is 0.896. The number of hydrogen-bond donors (Lipinski definition) is 1. The Morgan fingerprint density at radius 3 is 3.15 bits per heavy atom. The fraction of sp³-hybridized carbons (Fsp3) is 0.333. The van der Waals surface area contributed by atoms with Crippen LogP contribution in [-0.4, -0.2) is 6.61 Å². The summed E-state index contributed by atoms with van der Waals surface area (Å²) in [5.41, 5.74) is 7.00. The second kappa shape index (κ2) is 3.78. The maximum atomic E-state index is 5.94. The predicted molar refractivity (Wildman–Crippen MR) is 55.2 cm³/mol. The Labute approximate surface area is 85.9 Å². The molecule has 70 valence electrons. The lowest BCUT2D eigenvalue weighted by Gasteiger charge is -2.23. The van der Waals surface area contributed by atoms with E-state index in [1.807, 2.05) is 18.2 Å². The van der Waals surface area contributed by atoms with Crippen LogP contribution in [0, 0.1) is 0 Å². The molecule has 1 atom stereocenters. The molecule has 4 heteroatoms. The standard InChI is InChI=1S/C9H10ClNOS/c10-13-6-1-2-9-7(5-6)8(11)3-4-12-9/h1-2,5,8H,3-4,11H2. The Hall–Kier alpha value is -0.380. The largest absolute Gasteiger partial charge is 0.493 e. The molecule has 0 aliphatic carbocycles. The molecule has 1 unspecified atom stereocenters. The average molecular weight is 216 g/mol. The van der Waals surface area contributed by atoms with Crippen LogP contribution in [0.1, 0.15) is 18.0 Å². The highest BCUT2D eigenvalue weighted by molar-refractivity contribution is 8.21. The van der Waals surface area contributed by atoms with Gasteiger partial charge in [-0.05, 0) is 39.9 Å². The smallest absolute Gasteiger partial charge is 0.124 e. The molecule has 0 amide bonds. The first-order chi connectivity index (χ1) is 6.31. The molecule has 1 aliphatic heterocycles. The van der Waals surface area contributed by atoms with Gasteiger partial charge in [0.15, 0.2) is 0 Å². The minimum absolute atomic E-state index is 0.0903.